The number of aromatic nitrogens is 1. The molecule has 0 saturated heterocycles. The minimum atomic E-state index is 0.235. The lowest BCUT2D eigenvalue weighted by atomic mass is 10.1. The molecule has 0 radical (unpaired) electrons. The van der Waals surface area contributed by atoms with Crippen LogP contribution in [0.25, 0.3) is 0 Å². The van der Waals surface area contributed by atoms with E-state index in [1.807, 2.05) is 24.5 Å². The van der Waals surface area contributed by atoms with E-state index in [4.69, 9.17) is 14.2 Å². The van der Waals surface area contributed by atoms with E-state index >= 15 is 0 Å². The first-order valence-electron chi connectivity index (χ1n) is 9.34. The van der Waals surface area contributed by atoms with Gasteiger partial charge in [0.1, 0.15) is 0 Å². The van der Waals surface area contributed by atoms with Crippen molar-refractivity contribution in [2.24, 2.45) is 0 Å². The molecule has 0 bridgehead atoms. The lowest BCUT2D eigenvalue weighted by Crippen LogP contribution is -2.22. The molecule has 28 heavy (non-hydrogen) atoms. The number of rotatable bonds is 7. The second-order valence-corrected chi connectivity index (χ2v) is 7.02. The molecule has 1 aliphatic heterocycles. The Morgan fingerprint density at radius 2 is 1.57 bits per heavy atom. The van der Waals surface area contributed by atoms with Crippen molar-refractivity contribution in [3.05, 3.63) is 83.2 Å². The maximum atomic E-state index is 5.58. The fourth-order valence-corrected chi connectivity index (χ4v) is 3.40. The number of aryl methyl sites for hydroxylation is 1. The number of fused-ring (bicyclic) bond motifs is 1. The van der Waals surface area contributed by atoms with Crippen LogP contribution in [0, 0.1) is 6.92 Å². The Bertz CT molecular complexity index is 927. The number of nitrogens with zero attached hydrogens (tertiary/aromatic N) is 2. The van der Waals surface area contributed by atoms with Crippen LogP contribution in [0.2, 0.25) is 0 Å². The van der Waals surface area contributed by atoms with Gasteiger partial charge in [-0.1, -0.05) is 29.8 Å². The normalized spacial score (nSPS) is 12.4. The molecule has 0 N–H and O–H groups in total. The summed E-state index contributed by atoms with van der Waals surface area (Å²) >= 11 is 0. The summed E-state index contributed by atoms with van der Waals surface area (Å²) in [5, 5.41) is 0. The highest BCUT2D eigenvalue weighted by atomic mass is 16.7. The summed E-state index contributed by atoms with van der Waals surface area (Å²) < 4.78 is 16.6. The first-order chi connectivity index (χ1) is 13.7. The molecule has 0 unspecified atom stereocenters. The summed E-state index contributed by atoms with van der Waals surface area (Å²) in [5.74, 6) is 2.14. The van der Waals surface area contributed by atoms with E-state index < -0.39 is 0 Å². The summed E-state index contributed by atoms with van der Waals surface area (Å²) in [6.45, 7) is 4.78. The van der Waals surface area contributed by atoms with Gasteiger partial charge < -0.3 is 14.2 Å². The van der Waals surface area contributed by atoms with Gasteiger partial charge in [-0.15, -0.1) is 0 Å². The molecule has 0 saturated carbocycles. The maximum Gasteiger partial charge on any atom is 0.231 e. The number of benzene rings is 2. The van der Waals surface area contributed by atoms with E-state index in [2.05, 4.69) is 53.2 Å². The fourth-order valence-electron chi connectivity index (χ4n) is 3.40. The summed E-state index contributed by atoms with van der Waals surface area (Å²) in [5.41, 5.74) is 4.91. The molecule has 0 amide bonds. The van der Waals surface area contributed by atoms with E-state index in [0.717, 1.165) is 30.9 Å². The molecule has 0 fully saturated rings. The van der Waals surface area contributed by atoms with Crippen molar-refractivity contribution in [2.75, 3.05) is 13.9 Å². The smallest absolute Gasteiger partial charge is 0.231 e. The molecule has 3 aromatic rings. The molecule has 5 heteroatoms. The van der Waals surface area contributed by atoms with Crippen LogP contribution in [0.15, 0.2) is 60.9 Å². The second-order valence-electron chi connectivity index (χ2n) is 7.02. The summed E-state index contributed by atoms with van der Waals surface area (Å²) in [7, 11) is 1.65. The second kappa shape index (κ2) is 8.31. The Morgan fingerprint density at radius 1 is 0.893 bits per heavy atom. The Morgan fingerprint density at radius 3 is 2.29 bits per heavy atom. The largest absolute Gasteiger partial charge is 0.493 e. The molecule has 1 aromatic heterocycles. The van der Waals surface area contributed by atoms with Gasteiger partial charge in [0.15, 0.2) is 11.5 Å². The van der Waals surface area contributed by atoms with E-state index in [1.54, 1.807) is 7.11 Å². The van der Waals surface area contributed by atoms with Crippen LogP contribution in [-0.4, -0.2) is 23.8 Å². The van der Waals surface area contributed by atoms with Gasteiger partial charge in [0, 0.05) is 32.0 Å². The third-order valence-corrected chi connectivity index (χ3v) is 4.81. The van der Waals surface area contributed by atoms with Crippen LogP contribution in [0.5, 0.6) is 17.2 Å². The zero-order chi connectivity index (χ0) is 19.3. The molecule has 0 spiro atoms. The lowest BCUT2D eigenvalue weighted by Gasteiger charge is -2.23. The average Bonchev–Trinajstić information content (AvgIpc) is 3.18. The van der Waals surface area contributed by atoms with Crippen molar-refractivity contribution in [1.82, 2.24) is 9.88 Å². The minimum Gasteiger partial charge on any atom is -0.493 e. The number of hydrogen-bond donors (Lipinski definition) is 0. The molecule has 5 nitrogen and oxygen atoms in total. The maximum absolute atomic E-state index is 5.58. The predicted molar refractivity (Wildman–Crippen MR) is 107 cm³/mol. The fraction of sp³-hybridized carbons (Fsp3) is 0.261. The third-order valence-electron chi connectivity index (χ3n) is 4.81. The monoisotopic (exact) mass is 376 g/mol. The van der Waals surface area contributed by atoms with Gasteiger partial charge in [-0.2, -0.15) is 0 Å². The standard InChI is InChI=1S/C23H24N2O3/c1-17-3-5-18(6-4-17)13-25(14-19-7-9-24-10-8-19)15-20-11-21(26-2)23-22(12-20)27-16-28-23/h3-12H,13-16H2,1-2H3. The summed E-state index contributed by atoms with van der Waals surface area (Å²) in [4.78, 5) is 6.53. The van der Waals surface area contributed by atoms with Crippen molar-refractivity contribution in [2.45, 2.75) is 26.6 Å². The molecule has 0 atom stereocenters. The van der Waals surface area contributed by atoms with Crippen LogP contribution in [0.3, 0.4) is 0 Å². The van der Waals surface area contributed by atoms with Crippen molar-refractivity contribution < 1.29 is 14.2 Å². The third kappa shape index (κ3) is 4.26. The summed E-state index contributed by atoms with van der Waals surface area (Å²) in [6.07, 6.45) is 3.67. The van der Waals surface area contributed by atoms with Crippen LogP contribution in [0.4, 0.5) is 0 Å². The molecule has 4 rings (SSSR count). The lowest BCUT2D eigenvalue weighted by molar-refractivity contribution is 0.171. The average molecular weight is 376 g/mol. The van der Waals surface area contributed by atoms with Gasteiger partial charge in [-0.25, -0.2) is 0 Å². The van der Waals surface area contributed by atoms with Gasteiger partial charge in [0.2, 0.25) is 12.5 Å². The van der Waals surface area contributed by atoms with Crippen molar-refractivity contribution >= 4 is 0 Å². The Kier molecular flexibility index (Phi) is 5.44. The number of hydrogen-bond acceptors (Lipinski definition) is 5. The zero-order valence-electron chi connectivity index (χ0n) is 16.2. The molecule has 1 aliphatic rings. The number of pyridine rings is 1. The molecule has 144 valence electrons. The molecule has 2 aromatic carbocycles. The van der Waals surface area contributed by atoms with Crippen LogP contribution >= 0.6 is 0 Å². The highest BCUT2D eigenvalue weighted by molar-refractivity contribution is 5.55. The van der Waals surface area contributed by atoms with Crippen LogP contribution in [0.1, 0.15) is 22.3 Å². The molecular formula is C23H24N2O3. The quantitative estimate of drug-likeness (QED) is 0.614. The predicted octanol–water partition coefficient (Wildman–Crippen LogP) is 4.33. The van der Waals surface area contributed by atoms with Crippen molar-refractivity contribution in [3.63, 3.8) is 0 Å². The topological polar surface area (TPSA) is 43.8 Å². The Labute approximate surface area is 165 Å². The van der Waals surface area contributed by atoms with Crippen molar-refractivity contribution in [1.29, 1.82) is 0 Å². The first kappa shape index (κ1) is 18.3. The molecule has 0 aliphatic carbocycles. The minimum absolute atomic E-state index is 0.235. The number of ether oxygens (including phenoxy) is 3. The summed E-state index contributed by atoms with van der Waals surface area (Å²) in [6, 6.07) is 16.9. The zero-order valence-corrected chi connectivity index (χ0v) is 16.2. The first-order valence-corrected chi connectivity index (χ1v) is 9.34. The highest BCUT2D eigenvalue weighted by Gasteiger charge is 2.21. The molecular weight excluding hydrogens is 352 g/mol. The van der Waals surface area contributed by atoms with E-state index in [0.29, 0.717) is 11.5 Å². The van der Waals surface area contributed by atoms with Crippen LogP contribution < -0.4 is 14.2 Å². The number of methoxy groups -OCH3 is 1. The van der Waals surface area contributed by atoms with Crippen molar-refractivity contribution in [3.8, 4) is 17.2 Å². The SMILES string of the molecule is COc1cc(CN(Cc2ccncc2)Cc2ccc(C)cc2)cc2c1OCO2. The van der Waals surface area contributed by atoms with E-state index in [1.165, 1.54) is 16.7 Å². The van der Waals surface area contributed by atoms with Gasteiger partial charge >= 0.3 is 0 Å². The highest BCUT2D eigenvalue weighted by Crippen LogP contribution is 2.42. The van der Waals surface area contributed by atoms with Crippen LogP contribution in [-0.2, 0) is 19.6 Å². The Hall–Kier alpha value is -3.05. The van der Waals surface area contributed by atoms with Gasteiger partial charge in [-0.05, 0) is 47.9 Å². The van der Waals surface area contributed by atoms with E-state index in [9.17, 15) is 0 Å². The molecule has 2 heterocycles. The van der Waals surface area contributed by atoms with E-state index in [-0.39, 0.29) is 6.79 Å². The van der Waals surface area contributed by atoms with Gasteiger partial charge in [0.25, 0.3) is 0 Å². The van der Waals surface area contributed by atoms with Gasteiger partial charge in [-0.3, -0.25) is 9.88 Å². The Balaban J connectivity index is 1.58. The van der Waals surface area contributed by atoms with Gasteiger partial charge in [0.05, 0.1) is 7.11 Å².